The number of aromatic nitrogens is 1. The molecule has 0 atom stereocenters. The number of benzene rings is 8. The number of rotatable bonds is 5. The largest absolute Gasteiger partial charge is 0.456 e. The Morgan fingerprint density at radius 3 is 2.00 bits per heavy atom. The van der Waals surface area contributed by atoms with Crippen molar-refractivity contribution in [3.8, 4) is 22.6 Å². The van der Waals surface area contributed by atoms with Gasteiger partial charge in [-0.1, -0.05) is 103 Å². The fourth-order valence-corrected chi connectivity index (χ4v) is 7.72. The van der Waals surface area contributed by atoms with Crippen LogP contribution < -0.4 is 4.90 Å². The van der Waals surface area contributed by atoms with Gasteiger partial charge in [-0.25, -0.2) is 4.98 Å². The van der Waals surface area contributed by atoms with Gasteiger partial charge in [0.25, 0.3) is 0 Å². The second-order valence-electron chi connectivity index (χ2n) is 13.1. The standard InChI is InChI=1S/C47H28N2O3/c1-2-12-33-29(10-1)11-7-14-34(33)30-22-24-31(25-23-30)49(40-18-8-15-36-35-13-3-5-19-41(35)51-46(36)40)32-26-27-42-38(28-32)45-37(16-9-21-44(45)50-42)47-48-39-17-4-6-20-43(39)52-47/h1-28H. The van der Waals surface area contributed by atoms with Gasteiger partial charge in [-0.3, -0.25) is 0 Å². The van der Waals surface area contributed by atoms with E-state index in [9.17, 15) is 0 Å². The maximum Gasteiger partial charge on any atom is 0.228 e. The second kappa shape index (κ2) is 11.2. The minimum Gasteiger partial charge on any atom is -0.456 e. The highest BCUT2D eigenvalue weighted by Crippen LogP contribution is 2.45. The molecule has 0 unspecified atom stereocenters. The van der Waals surface area contributed by atoms with Crippen molar-refractivity contribution in [3.05, 3.63) is 170 Å². The van der Waals surface area contributed by atoms with Gasteiger partial charge in [0, 0.05) is 38.5 Å². The van der Waals surface area contributed by atoms with E-state index in [0.717, 1.165) is 83.2 Å². The summed E-state index contributed by atoms with van der Waals surface area (Å²) in [6, 6.07) is 58.6. The lowest BCUT2D eigenvalue weighted by Gasteiger charge is -2.26. The van der Waals surface area contributed by atoms with Gasteiger partial charge in [-0.2, -0.15) is 0 Å². The minimum absolute atomic E-state index is 0.563. The third-order valence-corrected chi connectivity index (χ3v) is 10.1. The molecule has 0 bridgehead atoms. The summed E-state index contributed by atoms with van der Waals surface area (Å²) in [5.74, 6) is 0.563. The fraction of sp³-hybridized carbons (Fsp3) is 0. The van der Waals surface area contributed by atoms with Crippen LogP contribution in [-0.2, 0) is 0 Å². The van der Waals surface area contributed by atoms with Crippen LogP contribution >= 0.6 is 0 Å². The summed E-state index contributed by atoms with van der Waals surface area (Å²) in [5, 5.41) is 6.54. The van der Waals surface area contributed by atoms with Gasteiger partial charge in [0.15, 0.2) is 11.2 Å². The molecule has 0 N–H and O–H groups in total. The van der Waals surface area contributed by atoms with Crippen LogP contribution in [0.3, 0.4) is 0 Å². The maximum absolute atomic E-state index is 6.62. The highest BCUT2D eigenvalue weighted by Gasteiger charge is 2.22. The Labute approximate surface area is 297 Å². The summed E-state index contributed by atoms with van der Waals surface area (Å²) in [4.78, 5) is 7.12. The van der Waals surface area contributed by atoms with Crippen molar-refractivity contribution in [2.45, 2.75) is 0 Å². The van der Waals surface area contributed by atoms with Gasteiger partial charge in [0.2, 0.25) is 5.89 Å². The van der Waals surface area contributed by atoms with Crippen LogP contribution in [0.5, 0.6) is 0 Å². The summed E-state index contributed by atoms with van der Waals surface area (Å²) >= 11 is 0. The van der Waals surface area contributed by atoms with Gasteiger partial charge in [-0.15, -0.1) is 0 Å². The van der Waals surface area contributed by atoms with Crippen molar-refractivity contribution in [3.63, 3.8) is 0 Å². The highest BCUT2D eigenvalue weighted by atomic mass is 16.4. The van der Waals surface area contributed by atoms with E-state index in [-0.39, 0.29) is 0 Å². The number of furan rings is 2. The zero-order chi connectivity index (χ0) is 34.2. The molecule has 3 aromatic heterocycles. The SMILES string of the molecule is c1ccc2c(-c3ccc(N(c4ccc5oc6cccc(-c7nc8ccccc8o7)c6c5c4)c4cccc5c4oc4ccccc45)cc3)cccc2c1. The Kier molecular flexibility index (Phi) is 6.18. The number of anilines is 3. The average Bonchev–Trinajstić information content (AvgIpc) is 3.92. The van der Waals surface area contributed by atoms with Gasteiger partial charge in [-0.05, 0) is 88.6 Å². The Hall–Kier alpha value is -7.11. The first-order valence-corrected chi connectivity index (χ1v) is 17.4. The quantitative estimate of drug-likeness (QED) is 0.183. The van der Waals surface area contributed by atoms with Crippen molar-refractivity contribution in [1.29, 1.82) is 0 Å². The Bertz CT molecular complexity index is 3110. The molecule has 0 radical (unpaired) electrons. The molecule has 0 aliphatic rings. The molecule has 0 spiro atoms. The molecule has 5 heteroatoms. The second-order valence-corrected chi connectivity index (χ2v) is 13.1. The van der Waals surface area contributed by atoms with Crippen molar-refractivity contribution in [2.75, 3.05) is 4.90 Å². The van der Waals surface area contributed by atoms with E-state index in [1.165, 1.54) is 16.3 Å². The Morgan fingerprint density at radius 2 is 1.10 bits per heavy atom. The van der Waals surface area contributed by atoms with Crippen molar-refractivity contribution < 1.29 is 13.3 Å². The smallest absolute Gasteiger partial charge is 0.228 e. The monoisotopic (exact) mass is 668 g/mol. The molecule has 11 aromatic rings. The van der Waals surface area contributed by atoms with Crippen LogP contribution in [0, 0.1) is 0 Å². The van der Waals surface area contributed by atoms with E-state index in [1.54, 1.807) is 0 Å². The van der Waals surface area contributed by atoms with Gasteiger partial charge in [0.05, 0.1) is 5.69 Å². The van der Waals surface area contributed by atoms with Crippen molar-refractivity contribution in [1.82, 2.24) is 4.98 Å². The van der Waals surface area contributed by atoms with Crippen LogP contribution in [0.1, 0.15) is 0 Å². The normalized spacial score (nSPS) is 11.8. The summed E-state index contributed by atoms with van der Waals surface area (Å²) in [6.45, 7) is 0. The number of hydrogen-bond acceptors (Lipinski definition) is 5. The topological polar surface area (TPSA) is 55.6 Å². The van der Waals surface area contributed by atoms with Gasteiger partial charge < -0.3 is 18.2 Å². The molecule has 0 amide bonds. The molecule has 0 aliphatic heterocycles. The molecule has 8 aromatic carbocycles. The molecule has 0 saturated heterocycles. The number of para-hydroxylation sites is 4. The lowest BCUT2D eigenvalue weighted by molar-refractivity contribution is 0.620. The van der Waals surface area contributed by atoms with E-state index >= 15 is 0 Å². The molecule has 244 valence electrons. The molecule has 5 nitrogen and oxygen atoms in total. The van der Waals surface area contributed by atoms with Crippen LogP contribution in [0.25, 0.3) is 88.3 Å². The number of hydrogen-bond donors (Lipinski definition) is 0. The summed E-state index contributed by atoms with van der Waals surface area (Å²) in [6.07, 6.45) is 0. The molecular formula is C47H28N2O3. The Morgan fingerprint density at radius 1 is 0.423 bits per heavy atom. The van der Waals surface area contributed by atoms with Gasteiger partial charge >= 0.3 is 0 Å². The summed E-state index contributed by atoms with van der Waals surface area (Å²) in [7, 11) is 0. The van der Waals surface area contributed by atoms with E-state index < -0.39 is 0 Å². The third kappa shape index (κ3) is 4.39. The summed E-state index contributed by atoms with van der Waals surface area (Å²) < 4.78 is 19.3. The lowest BCUT2D eigenvalue weighted by Crippen LogP contribution is -2.10. The molecule has 52 heavy (non-hydrogen) atoms. The predicted molar refractivity (Wildman–Crippen MR) is 212 cm³/mol. The molecule has 3 heterocycles. The average molecular weight is 669 g/mol. The molecule has 0 fully saturated rings. The van der Waals surface area contributed by atoms with Crippen molar-refractivity contribution >= 4 is 82.8 Å². The predicted octanol–water partition coefficient (Wildman–Crippen LogP) is 13.6. The highest BCUT2D eigenvalue weighted by molar-refractivity contribution is 6.14. The zero-order valence-electron chi connectivity index (χ0n) is 27.8. The number of fused-ring (bicyclic) bond motifs is 8. The van der Waals surface area contributed by atoms with Gasteiger partial charge in [0.1, 0.15) is 22.3 Å². The van der Waals surface area contributed by atoms with E-state index in [4.69, 9.17) is 18.2 Å². The van der Waals surface area contributed by atoms with E-state index in [0.29, 0.717) is 5.89 Å². The van der Waals surface area contributed by atoms with Crippen LogP contribution in [0.2, 0.25) is 0 Å². The van der Waals surface area contributed by atoms with Crippen LogP contribution in [0.15, 0.2) is 183 Å². The first kappa shape index (κ1) is 28.7. The number of nitrogens with zero attached hydrogens (tertiary/aromatic N) is 2. The first-order valence-electron chi connectivity index (χ1n) is 17.4. The molecule has 11 rings (SSSR count). The molecule has 0 aliphatic carbocycles. The lowest BCUT2D eigenvalue weighted by atomic mass is 9.98. The Balaban J connectivity index is 1.13. The maximum atomic E-state index is 6.62. The van der Waals surface area contributed by atoms with Crippen molar-refractivity contribution in [2.24, 2.45) is 0 Å². The van der Waals surface area contributed by atoms with E-state index in [1.807, 2.05) is 54.6 Å². The number of oxazole rings is 1. The zero-order valence-corrected chi connectivity index (χ0v) is 27.8. The van der Waals surface area contributed by atoms with Crippen LogP contribution in [-0.4, -0.2) is 4.98 Å². The summed E-state index contributed by atoms with van der Waals surface area (Å²) in [5.41, 5.74) is 11.0. The molecule has 0 saturated carbocycles. The van der Waals surface area contributed by atoms with Crippen LogP contribution in [0.4, 0.5) is 17.1 Å². The fourth-order valence-electron chi connectivity index (χ4n) is 7.72. The van der Waals surface area contributed by atoms with E-state index in [2.05, 4.69) is 120 Å². The molecular weight excluding hydrogens is 641 g/mol. The third-order valence-electron chi connectivity index (χ3n) is 10.1. The first-order chi connectivity index (χ1) is 25.8. The minimum atomic E-state index is 0.563.